The summed E-state index contributed by atoms with van der Waals surface area (Å²) >= 11 is 12.0. The molecule has 3 rings (SSSR count). The minimum absolute atomic E-state index is 0.510. The smallest absolute Gasteiger partial charge is 0.153 e. The zero-order chi connectivity index (χ0) is 15.5. The van der Waals surface area contributed by atoms with Gasteiger partial charge in [-0.05, 0) is 25.1 Å². The third-order valence-electron chi connectivity index (χ3n) is 2.79. The summed E-state index contributed by atoms with van der Waals surface area (Å²) in [6, 6.07) is 7.06. The fourth-order valence-corrected chi connectivity index (χ4v) is 2.28. The molecule has 0 bridgehead atoms. The zero-order valence-corrected chi connectivity index (χ0v) is 13.1. The highest BCUT2D eigenvalue weighted by molar-refractivity contribution is 6.36. The van der Waals surface area contributed by atoms with Crippen LogP contribution in [0.4, 0.5) is 23.1 Å². The molecule has 2 aromatic heterocycles. The van der Waals surface area contributed by atoms with Crippen molar-refractivity contribution in [1.29, 1.82) is 0 Å². The first-order valence-corrected chi connectivity index (χ1v) is 7.19. The molecule has 0 radical (unpaired) electrons. The van der Waals surface area contributed by atoms with Crippen LogP contribution in [0.25, 0.3) is 0 Å². The minimum atomic E-state index is 0.510. The van der Waals surface area contributed by atoms with Crippen molar-refractivity contribution >= 4 is 46.3 Å². The maximum atomic E-state index is 6.13. The van der Waals surface area contributed by atoms with Crippen LogP contribution in [0.5, 0.6) is 0 Å². The predicted molar refractivity (Wildman–Crippen MR) is 88.4 cm³/mol. The number of benzene rings is 1. The standard InChI is InChI=1S/C14H12Cl2N6/c1-8-4-12(22-21-8)19-14-7-17-6-13(20-14)18-11-3-2-9(15)5-10(11)16/h2-7H,1H3,(H3,18,19,20,21,22). The Bertz CT molecular complexity index is 802. The van der Waals surface area contributed by atoms with Gasteiger partial charge in [-0.25, -0.2) is 4.98 Å². The van der Waals surface area contributed by atoms with Crippen molar-refractivity contribution in [2.24, 2.45) is 0 Å². The van der Waals surface area contributed by atoms with Crippen molar-refractivity contribution in [1.82, 2.24) is 20.2 Å². The van der Waals surface area contributed by atoms with E-state index in [0.29, 0.717) is 33.2 Å². The lowest BCUT2D eigenvalue weighted by Gasteiger charge is -2.09. The summed E-state index contributed by atoms with van der Waals surface area (Å²) in [6.07, 6.45) is 3.21. The van der Waals surface area contributed by atoms with E-state index in [-0.39, 0.29) is 0 Å². The van der Waals surface area contributed by atoms with Crippen LogP contribution in [-0.4, -0.2) is 20.2 Å². The number of H-pyrrole nitrogens is 1. The van der Waals surface area contributed by atoms with E-state index >= 15 is 0 Å². The average Bonchev–Trinajstić information content (AvgIpc) is 2.88. The van der Waals surface area contributed by atoms with E-state index < -0.39 is 0 Å². The van der Waals surface area contributed by atoms with Crippen LogP contribution in [0, 0.1) is 6.92 Å². The topological polar surface area (TPSA) is 78.5 Å². The van der Waals surface area contributed by atoms with E-state index in [1.54, 1.807) is 30.6 Å². The maximum absolute atomic E-state index is 6.13. The Morgan fingerprint density at radius 2 is 1.77 bits per heavy atom. The number of rotatable bonds is 4. The quantitative estimate of drug-likeness (QED) is 0.662. The first-order chi connectivity index (χ1) is 10.6. The summed E-state index contributed by atoms with van der Waals surface area (Å²) in [6.45, 7) is 1.92. The SMILES string of the molecule is Cc1cc(Nc2cncc(Nc3ccc(Cl)cc3Cl)n2)n[nH]1. The number of hydrogen-bond acceptors (Lipinski definition) is 5. The minimum Gasteiger partial charge on any atom is -0.338 e. The lowest BCUT2D eigenvalue weighted by molar-refractivity contribution is 1.05. The Kier molecular flexibility index (Phi) is 4.13. The predicted octanol–water partition coefficient (Wildman–Crippen LogP) is 4.30. The molecule has 3 aromatic rings. The third kappa shape index (κ3) is 3.47. The van der Waals surface area contributed by atoms with Gasteiger partial charge in [0.25, 0.3) is 0 Å². The summed E-state index contributed by atoms with van der Waals surface area (Å²) in [4.78, 5) is 8.54. The molecule has 0 aliphatic heterocycles. The molecular weight excluding hydrogens is 323 g/mol. The van der Waals surface area contributed by atoms with Crippen LogP contribution < -0.4 is 10.6 Å². The van der Waals surface area contributed by atoms with Crippen LogP contribution in [0.1, 0.15) is 5.69 Å². The van der Waals surface area contributed by atoms with Crippen molar-refractivity contribution in [2.45, 2.75) is 6.92 Å². The Morgan fingerprint density at radius 1 is 1.00 bits per heavy atom. The Balaban J connectivity index is 1.78. The summed E-state index contributed by atoms with van der Waals surface area (Å²) in [5.74, 6) is 1.80. The second kappa shape index (κ2) is 6.21. The van der Waals surface area contributed by atoms with Crippen LogP contribution >= 0.6 is 23.2 Å². The van der Waals surface area contributed by atoms with Crippen molar-refractivity contribution in [2.75, 3.05) is 10.6 Å². The summed E-state index contributed by atoms with van der Waals surface area (Å²) in [7, 11) is 0. The van der Waals surface area contributed by atoms with Gasteiger partial charge < -0.3 is 10.6 Å². The molecule has 112 valence electrons. The van der Waals surface area contributed by atoms with E-state index in [0.717, 1.165) is 5.69 Å². The van der Waals surface area contributed by atoms with Gasteiger partial charge in [-0.2, -0.15) is 5.10 Å². The summed E-state index contributed by atoms with van der Waals surface area (Å²) in [5.41, 5.74) is 1.66. The van der Waals surface area contributed by atoms with Gasteiger partial charge in [0, 0.05) is 16.8 Å². The second-order valence-corrected chi connectivity index (χ2v) is 5.44. The molecule has 2 heterocycles. The Labute approximate surface area is 136 Å². The first kappa shape index (κ1) is 14.6. The van der Waals surface area contributed by atoms with E-state index in [1.807, 2.05) is 13.0 Å². The van der Waals surface area contributed by atoms with Crippen LogP contribution in [0.2, 0.25) is 10.0 Å². The molecule has 0 spiro atoms. The van der Waals surface area contributed by atoms with Crippen molar-refractivity contribution in [3.05, 3.63) is 52.4 Å². The number of aryl methyl sites for hydroxylation is 1. The van der Waals surface area contributed by atoms with Gasteiger partial charge in [-0.15, -0.1) is 0 Å². The van der Waals surface area contributed by atoms with Crippen molar-refractivity contribution < 1.29 is 0 Å². The second-order valence-electron chi connectivity index (χ2n) is 4.60. The van der Waals surface area contributed by atoms with Gasteiger partial charge in [-0.1, -0.05) is 23.2 Å². The number of anilines is 4. The molecule has 0 unspecified atom stereocenters. The molecule has 1 aromatic carbocycles. The largest absolute Gasteiger partial charge is 0.338 e. The zero-order valence-electron chi connectivity index (χ0n) is 11.6. The van der Waals surface area contributed by atoms with E-state index in [2.05, 4.69) is 30.8 Å². The molecular formula is C14H12Cl2N6. The number of nitrogens with zero attached hydrogens (tertiary/aromatic N) is 3. The summed E-state index contributed by atoms with van der Waals surface area (Å²) < 4.78 is 0. The number of aromatic nitrogens is 4. The van der Waals surface area contributed by atoms with Crippen LogP contribution in [-0.2, 0) is 0 Å². The molecule has 0 atom stereocenters. The molecule has 22 heavy (non-hydrogen) atoms. The fourth-order valence-electron chi connectivity index (χ4n) is 1.83. The number of aromatic amines is 1. The highest BCUT2D eigenvalue weighted by Crippen LogP contribution is 2.27. The lowest BCUT2D eigenvalue weighted by atomic mass is 10.3. The Hall–Kier alpha value is -2.31. The fraction of sp³-hybridized carbons (Fsp3) is 0.0714. The molecule has 3 N–H and O–H groups in total. The van der Waals surface area contributed by atoms with Gasteiger partial charge in [0.15, 0.2) is 17.5 Å². The molecule has 8 heteroatoms. The average molecular weight is 335 g/mol. The molecule has 0 saturated carbocycles. The van der Waals surface area contributed by atoms with Crippen LogP contribution in [0.3, 0.4) is 0 Å². The van der Waals surface area contributed by atoms with Crippen molar-refractivity contribution in [3.63, 3.8) is 0 Å². The number of halogens is 2. The molecule has 0 aliphatic rings. The normalized spacial score (nSPS) is 10.5. The monoisotopic (exact) mass is 334 g/mol. The molecule has 0 saturated heterocycles. The van der Waals surface area contributed by atoms with Crippen LogP contribution in [0.15, 0.2) is 36.7 Å². The lowest BCUT2D eigenvalue weighted by Crippen LogP contribution is -1.99. The third-order valence-corrected chi connectivity index (χ3v) is 3.34. The van der Waals surface area contributed by atoms with Crippen molar-refractivity contribution in [3.8, 4) is 0 Å². The summed E-state index contributed by atoms with van der Waals surface area (Å²) in [5, 5.41) is 14.2. The first-order valence-electron chi connectivity index (χ1n) is 6.43. The van der Waals surface area contributed by atoms with Gasteiger partial charge in [0.05, 0.1) is 23.1 Å². The molecule has 0 fully saturated rings. The maximum Gasteiger partial charge on any atom is 0.153 e. The molecule has 6 nitrogen and oxygen atoms in total. The van der Waals surface area contributed by atoms with Gasteiger partial charge in [0.2, 0.25) is 0 Å². The van der Waals surface area contributed by atoms with Gasteiger partial charge >= 0.3 is 0 Å². The highest BCUT2D eigenvalue weighted by atomic mass is 35.5. The highest BCUT2D eigenvalue weighted by Gasteiger charge is 2.05. The molecule has 0 amide bonds. The van der Waals surface area contributed by atoms with E-state index in [9.17, 15) is 0 Å². The van der Waals surface area contributed by atoms with E-state index in [4.69, 9.17) is 23.2 Å². The van der Waals surface area contributed by atoms with E-state index in [1.165, 1.54) is 0 Å². The Morgan fingerprint density at radius 3 is 2.45 bits per heavy atom. The van der Waals surface area contributed by atoms with Gasteiger partial charge in [0.1, 0.15) is 0 Å². The van der Waals surface area contributed by atoms with Gasteiger partial charge in [-0.3, -0.25) is 10.1 Å². The molecule has 0 aliphatic carbocycles. The number of hydrogen-bond donors (Lipinski definition) is 3. The number of nitrogens with one attached hydrogen (secondary N) is 3.